The predicted molar refractivity (Wildman–Crippen MR) is 311 cm³/mol. The number of hydrogen-bond donors (Lipinski definition) is 4. The van der Waals surface area contributed by atoms with Gasteiger partial charge in [0.25, 0.3) is 0 Å². The van der Waals surface area contributed by atoms with Gasteiger partial charge in [-0.1, -0.05) is 51.1 Å². The van der Waals surface area contributed by atoms with Crippen molar-refractivity contribution >= 4 is 56.2 Å². The van der Waals surface area contributed by atoms with Crippen molar-refractivity contribution < 1.29 is 56.0 Å². The van der Waals surface area contributed by atoms with Crippen molar-refractivity contribution in [3.8, 4) is 11.5 Å². The Morgan fingerprint density at radius 2 is 1.46 bits per heavy atom. The summed E-state index contributed by atoms with van der Waals surface area (Å²) in [5, 5.41) is 17.2. The Balaban J connectivity index is 0.899. The van der Waals surface area contributed by atoms with E-state index in [1.54, 1.807) is 65.5 Å². The highest BCUT2D eigenvalue weighted by atomic mass is 32.2. The van der Waals surface area contributed by atoms with Crippen LogP contribution in [0.15, 0.2) is 65.8 Å². The molecule has 3 aromatic carbocycles. The molecule has 82 heavy (non-hydrogen) atoms. The highest BCUT2D eigenvalue weighted by Crippen LogP contribution is 2.38. The summed E-state index contributed by atoms with van der Waals surface area (Å²) in [4.78, 5) is 68.0. The van der Waals surface area contributed by atoms with Gasteiger partial charge in [-0.2, -0.15) is 5.10 Å². The molecule has 0 saturated heterocycles. The van der Waals surface area contributed by atoms with E-state index < -0.39 is 61.6 Å². The topological polar surface area (TPSA) is 255 Å². The summed E-state index contributed by atoms with van der Waals surface area (Å²) >= 11 is 0. The third-order valence-corrected chi connectivity index (χ3v) is 17.1. The molecule has 3 heterocycles. The Kier molecular flexibility index (Phi) is 20.3. The predicted octanol–water partition coefficient (Wildman–Crippen LogP) is 8.03. The Hall–Kier alpha value is -6.88. The molecule has 0 bridgehead atoms. The molecule has 5 aromatic rings. The van der Waals surface area contributed by atoms with Crippen LogP contribution in [-0.2, 0) is 62.6 Å². The first-order chi connectivity index (χ1) is 38.6. The number of likely N-dealkylation sites (N-methyl/N-ethyl adjacent to an activating group) is 1. The maximum Gasteiger partial charge on any atom is 0.410 e. The van der Waals surface area contributed by atoms with Crippen molar-refractivity contribution in [1.29, 1.82) is 0 Å². The number of nitrogens with one attached hydrogen (secondary N) is 4. The number of ether oxygens (including phenoxy) is 6. The van der Waals surface area contributed by atoms with Crippen LogP contribution in [-0.4, -0.2) is 151 Å². The van der Waals surface area contributed by atoms with E-state index in [0.29, 0.717) is 48.1 Å². The molecule has 1 aliphatic carbocycles. The van der Waals surface area contributed by atoms with Crippen LogP contribution in [0.25, 0.3) is 10.9 Å². The van der Waals surface area contributed by atoms with Gasteiger partial charge >= 0.3 is 6.09 Å². The van der Waals surface area contributed by atoms with Crippen molar-refractivity contribution in [2.24, 2.45) is 5.41 Å². The molecular formula is C60H83N9O12S. The number of hydrogen-bond acceptors (Lipinski definition) is 16. The molecular weight excluding hydrogens is 1070 g/mol. The van der Waals surface area contributed by atoms with Crippen LogP contribution in [0.1, 0.15) is 122 Å². The van der Waals surface area contributed by atoms with Gasteiger partial charge < -0.3 is 49.3 Å². The van der Waals surface area contributed by atoms with Gasteiger partial charge in [-0.25, -0.2) is 23.2 Å². The smallest absolute Gasteiger partial charge is 0.410 e. The van der Waals surface area contributed by atoms with Crippen LogP contribution in [0.3, 0.4) is 0 Å². The quantitative estimate of drug-likeness (QED) is 0.0452. The molecule has 0 fully saturated rings. The fourth-order valence-electron chi connectivity index (χ4n) is 9.54. The zero-order valence-electron chi connectivity index (χ0n) is 49.8. The standard InChI is InChI=1S/C60H83N9O12S/c1-37-38(2)66-67-52(37)65-53-45-33-50(82(74,75)60(10,11)12)49(34-47(45)61-36-62-53)80-30-28-78-26-24-76-23-25-77-27-29-79-43-22-21-41-32-48(55(71)63-46-20-16-18-40-17-14-15-19-44(40)46)69(35-42(41)31-43)56(72)51(58(4,5)6)64-54(70)39(3)68(13)57(73)81-59(7,8)9/h14-15,17,19,21-22,31,33-34,36,39,46,48,51H,16,18,20,23-30,32,35H2,1-13H3,(H,63,71)(H,64,70)(H2,61,62,65,66,67)/t39-,46-,48-,51+/m0/s1. The van der Waals surface area contributed by atoms with Crippen molar-refractivity contribution in [2.75, 3.05) is 65.2 Å². The normalized spacial score (nSPS) is 16.3. The maximum atomic E-state index is 15.0. The summed E-state index contributed by atoms with van der Waals surface area (Å²) in [7, 11) is -2.39. The number of aromatic amines is 1. The first-order valence-corrected chi connectivity index (χ1v) is 29.5. The zero-order valence-corrected chi connectivity index (χ0v) is 50.6. The summed E-state index contributed by atoms with van der Waals surface area (Å²) in [6.07, 6.45) is 3.58. The van der Waals surface area contributed by atoms with Crippen molar-refractivity contribution in [2.45, 2.75) is 155 Å². The SMILES string of the molecule is Cc1[nH]nc(Nc2ncnc3cc(OCCOCCOCCOCCOc4ccc5c(c4)CN(C(=O)[C@@H](NC(=O)[C@H](C)N(C)C(=O)OC(C)(C)C)C(C)(C)C)[C@H](C(=O)N[C@H]4CCCc6ccccc64)C5)c(S(=O)(=O)C(C)(C)C)cc23)c1C. The van der Waals surface area contributed by atoms with E-state index in [1.165, 1.54) is 23.8 Å². The van der Waals surface area contributed by atoms with Gasteiger partial charge in [-0.05, 0) is 127 Å². The van der Waals surface area contributed by atoms with E-state index in [0.717, 1.165) is 47.2 Å². The molecule has 4 N–H and O–H groups in total. The molecule has 1 aliphatic heterocycles. The molecule has 7 rings (SSSR count). The summed E-state index contributed by atoms with van der Waals surface area (Å²) < 4.78 is 61.5. The molecule has 4 atom stereocenters. The number of nitrogens with zero attached hydrogens (tertiary/aromatic N) is 5. The summed E-state index contributed by atoms with van der Waals surface area (Å²) in [6, 6.07) is 13.8. The lowest BCUT2D eigenvalue weighted by Gasteiger charge is -2.42. The first kappa shape index (κ1) is 62.7. The number of benzene rings is 3. The van der Waals surface area contributed by atoms with E-state index in [-0.39, 0.29) is 68.6 Å². The molecule has 2 aromatic heterocycles. The summed E-state index contributed by atoms with van der Waals surface area (Å²) in [6.45, 7) is 23.1. The van der Waals surface area contributed by atoms with Crippen LogP contribution < -0.4 is 25.4 Å². The second kappa shape index (κ2) is 26.6. The minimum absolute atomic E-state index is 0.0167. The number of carbonyl (C=O) groups excluding carboxylic acids is 4. The van der Waals surface area contributed by atoms with E-state index in [2.05, 4.69) is 42.2 Å². The number of fused-ring (bicyclic) bond motifs is 3. The molecule has 2 aliphatic rings. The van der Waals surface area contributed by atoms with Crippen LogP contribution >= 0.6 is 0 Å². The maximum absolute atomic E-state index is 15.0. The van der Waals surface area contributed by atoms with Gasteiger partial charge in [0.1, 0.15) is 65.5 Å². The van der Waals surface area contributed by atoms with Gasteiger partial charge in [0.05, 0.1) is 55.9 Å². The van der Waals surface area contributed by atoms with Crippen LogP contribution in [0.2, 0.25) is 0 Å². The number of H-pyrrole nitrogens is 1. The Morgan fingerprint density at radius 1 is 0.805 bits per heavy atom. The van der Waals surface area contributed by atoms with Crippen molar-refractivity contribution in [1.82, 2.24) is 40.6 Å². The minimum Gasteiger partial charge on any atom is -0.491 e. The summed E-state index contributed by atoms with van der Waals surface area (Å²) in [5.41, 5.74) is 4.69. The third kappa shape index (κ3) is 15.6. The number of aryl methyl sites for hydroxylation is 2. The Morgan fingerprint density at radius 3 is 2.10 bits per heavy atom. The number of aromatic nitrogens is 4. The van der Waals surface area contributed by atoms with E-state index in [1.807, 2.05) is 71.0 Å². The Labute approximate surface area is 482 Å². The third-order valence-electron chi connectivity index (χ3n) is 14.6. The number of sulfone groups is 1. The molecule has 0 unspecified atom stereocenters. The Bertz CT molecular complexity index is 3180. The molecule has 4 amide bonds. The average Bonchev–Trinajstić information content (AvgIpc) is 2.47. The molecule has 21 nitrogen and oxygen atoms in total. The van der Waals surface area contributed by atoms with Crippen molar-refractivity contribution in [3.05, 3.63) is 94.4 Å². The molecule has 0 radical (unpaired) electrons. The molecule has 0 saturated carbocycles. The molecule has 22 heteroatoms. The minimum atomic E-state index is -3.87. The molecule has 0 spiro atoms. The van der Waals surface area contributed by atoms with Crippen molar-refractivity contribution in [3.63, 3.8) is 0 Å². The van der Waals surface area contributed by atoms with E-state index in [9.17, 15) is 22.8 Å². The highest BCUT2D eigenvalue weighted by molar-refractivity contribution is 7.92. The lowest BCUT2D eigenvalue weighted by atomic mass is 9.83. The van der Waals surface area contributed by atoms with Gasteiger partial charge in [0.15, 0.2) is 15.7 Å². The van der Waals surface area contributed by atoms with Gasteiger partial charge in [0.2, 0.25) is 17.7 Å². The number of amides is 4. The fraction of sp³-hybridized carbons (Fsp3) is 0.550. The van der Waals surface area contributed by atoms with Crippen LogP contribution in [0, 0.1) is 19.3 Å². The second-order valence-corrected chi connectivity index (χ2v) is 26.7. The number of anilines is 2. The highest BCUT2D eigenvalue weighted by Gasteiger charge is 2.44. The largest absolute Gasteiger partial charge is 0.491 e. The second-order valence-electron chi connectivity index (χ2n) is 24.0. The van der Waals surface area contributed by atoms with Gasteiger partial charge in [0, 0.05) is 42.7 Å². The lowest BCUT2D eigenvalue weighted by Crippen LogP contribution is -2.62. The molecule has 446 valence electrons. The lowest BCUT2D eigenvalue weighted by molar-refractivity contribution is -0.147. The summed E-state index contributed by atoms with van der Waals surface area (Å²) in [5.74, 6) is 0.455. The van der Waals surface area contributed by atoms with E-state index in [4.69, 9.17) is 28.4 Å². The number of rotatable bonds is 23. The fourth-order valence-corrected chi connectivity index (χ4v) is 10.9. The average molecular weight is 1150 g/mol. The monoisotopic (exact) mass is 1150 g/mol. The van der Waals surface area contributed by atoms with E-state index >= 15 is 4.79 Å². The number of carbonyl (C=O) groups is 4. The van der Waals surface area contributed by atoms with Crippen LogP contribution in [0.4, 0.5) is 16.4 Å². The first-order valence-electron chi connectivity index (χ1n) is 28.0. The van der Waals surface area contributed by atoms with Gasteiger partial charge in [-0.15, -0.1) is 0 Å². The zero-order chi connectivity index (χ0) is 59.7. The van der Waals surface area contributed by atoms with Crippen LogP contribution in [0.5, 0.6) is 11.5 Å². The van der Waals surface area contributed by atoms with Gasteiger partial charge in [-0.3, -0.25) is 24.4 Å².